The van der Waals surface area contributed by atoms with Crippen LogP contribution in [0.25, 0.3) is 0 Å². The highest BCUT2D eigenvalue weighted by atomic mass is 16.5. The van der Waals surface area contributed by atoms with E-state index >= 15 is 0 Å². The van der Waals surface area contributed by atoms with E-state index in [0.717, 1.165) is 0 Å². The number of hydrogen-bond acceptors (Lipinski definition) is 6. The Kier molecular flexibility index (Phi) is 4.88. The van der Waals surface area contributed by atoms with Gasteiger partial charge in [-0.25, -0.2) is 0 Å². The molecule has 0 atom stereocenters. The molecule has 0 unspecified atom stereocenters. The van der Waals surface area contributed by atoms with Gasteiger partial charge in [-0.05, 0) is 18.1 Å². The van der Waals surface area contributed by atoms with Crippen LogP contribution in [0.4, 0.5) is 0 Å². The highest BCUT2D eigenvalue weighted by molar-refractivity contribution is 5.86. The second kappa shape index (κ2) is 6.18. The molecule has 0 aliphatic heterocycles. The second-order valence-corrected chi connectivity index (χ2v) is 3.80. The molecule has 0 aromatic heterocycles. The molecule has 6 heteroatoms. The SMILES string of the molecule is CCOC(=O)C1C(COC(C)=O)=C1COC(C)=O. The van der Waals surface area contributed by atoms with E-state index in [1.165, 1.54) is 13.8 Å². The molecule has 0 radical (unpaired) electrons. The van der Waals surface area contributed by atoms with Crippen molar-refractivity contribution < 1.29 is 28.6 Å². The third-order valence-electron chi connectivity index (χ3n) is 2.41. The highest BCUT2D eigenvalue weighted by Gasteiger charge is 2.44. The largest absolute Gasteiger partial charge is 0.465 e. The number of rotatable bonds is 6. The molecule has 0 aromatic rings. The van der Waals surface area contributed by atoms with Crippen molar-refractivity contribution >= 4 is 17.9 Å². The van der Waals surface area contributed by atoms with Gasteiger partial charge in [0.2, 0.25) is 0 Å². The normalized spacial score (nSPS) is 14.2. The number of carbonyl (C=O) groups excluding carboxylic acids is 3. The molecule has 0 N–H and O–H groups in total. The van der Waals surface area contributed by atoms with E-state index in [1.807, 2.05) is 0 Å². The minimum absolute atomic E-state index is 0.0371. The van der Waals surface area contributed by atoms with E-state index in [2.05, 4.69) is 0 Å². The minimum Gasteiger partial charge on any atom is -0.465 e. The van der Waals surface area contributed by atoms with Gasteiger partial charge in [0, 0.05) is 13.8 Å². The number of carbonyl (C=O) groups is 3. The third-order valence-corrected chi connectivity index (χ3v) is 2.41. The molecule has 0 bridgehead atoms. The summed E-state index contributed by atoms with van der Waals surface area (Å²) in [5.41, 5.74) is 1.31. The first-order valence-electron chi connectivity index (χ1n) is 5.62. The Balaban J connectivity index is 2.56. The predicted octanol–water partition coefficient (Wildman–Crippen LogP) is 0.602. The zero-order valence-corrected chi connectivity index (χ0v) is 10.6. The van der Waals surface area contributed by atoms with Crippen LogP contribution >= 0.6 is 0 Å². The summed E-state index contributed by atoms with van der Waals surface area (Å²) < 4.78 is 14.5. The molecule has 0 amide bonds. The summed E-state index contributed by atoms with van der Waals surface area (Å²) in [5.74, 6) is -1.77. The number of ether oxygens (including phenoxy) is 3. The fraction of sp³-hybridized carbons (Fsp3) is 0.583. The summed E-state index contributed by atoms with van der Waals surface area (Å²) in [5, 5.41) is 0. The van der Waals surface area contributed by atoms with Crippen LogP contribution in [0.3, 0.4) is 0 Å². The molecule has 0 fully saturated rings. The van der Waals surface area contributed by atoms with Gasteiger partial charge in [-0.15, -0.1) is 0 Å². The number of esters is 3. The molecule has 100 valence electrons. The first kappa shape index (κ1) is 14.2. The quantitative estimate of drug-likeness (QED) is 0.393. The minimum atomic E-state index is -0.511. The molecular weight excluding hydrogens is 240 g/mol. The van der Waals surface area contributed by atoms with Gasteiger partial charge in [-0.2, -0.15) is 0 Å². The standard InChI is InChI=1S/C12H16O6/c1-4-16-12(15)11-9(5-17-7(2)13)10(11)6-18-8(3)14/h11H,4-6H2,1-3H3. The maximum absolute atomic E-state index is 11.6. The lowest BCUT2D eigenvalue weighted by molar-refractivity contribution is -0.146. The van der Waals surface area contributed by atoms with Gasteiger partial charge in [-0.1, -0.05) is 0 Å². The number of hydrogen-bond donors (Lipinski definition) is 0. The molecule has 1 aliphatic rings. The zero-order chi connectivity index (χ0) is 13.7. The highest BCUT2D eigenvalue weighted by Crippen LogP contribution is 2.40. The second-order valence-electron chi connectivity index (χ2n) is 3.80. The van der Waals surface area contributed by atoms with Crippen molar-refractivity contribution in [2.75, 3.05) is 19.8 Å². The maximum Gasteiger partial charge on any atom is 0.317 e. The lowest BCUT2D eigenvalue weighted by Gasteiger charge is -2.02. The van der Waals surface area contributed by atoms with Crippen molar-refractivity contribution in [3.8, 4) is 0 Å². The van der Waals surface area contributed by atoms with Crippen LogP contribution in [-0.4, -0.2) is 37.7 Å². The van der Waals surface area contributed by atoms with Crippen LogP contribution < -0.4 is 0 Å². The van der Waals surface area contributed by atoms with Crippen LogP contribution in [0.15, 0.2) is 11.1 Å². The topological polar surface area (TPSA) is 78.9 Å². The molecule has 1 rings (SSSR count). The van der Waals surface area contributed by atoms with Gasteiger partial charge < -0.3 is 14.2 Å². The lowest BCUT2D eigenvalue weighted by Crippen LogP contribution is -2.12. The molecule has 0 spiro atoms. The van der Waals surface area contributed by atoms with Crippen LogP contribution in [0.2, 0.25) is 0 Å². The van der Waals surface area contributed by atoms with Gasteiger partial charge in [0.15, 0.2) is 0 Å². The first-order valence-corrected chi connectivity index (χ1v) is 5.62. The van der Waals surface area contributed by atoms with E-state index in [0.29, 0.717) is 11.1 Å². The Morgan fingerprint density at radius 1 is 0.944 bits per heavy atom. The van der Waals surface area contributed by atoms with E-state index < -0.39 is 23.8 Å². The average molecular weight is 256 g/mol. The Labute approximate surface area is 105 Å². The van der Waals surface area contributed by atoms with Gasteiger partial charge in [0.1, 0.15) is 19.1 Å². The van der Waals surface area contributed by atoms with Crippen molar-refractivity contribution in [2.24, 2.45) is 5.92 Å². The molecule has 0 saturated heterocycles. The fourth-order valence-corrected chi connectivity index (χ4v) is 1.54. The summed E-state index contributed by atoms with van der Waals surface area (Å²) in [6.45, 7) is 4.63. The fourth-order valence-electron chi connectivity index (χ4n) is 1.54. The van der Waals surface area contributed by atoms with E-state index in [1.54, 1.807) is 6.92 Å². The van der Waals surface area contributed by atoms with Crippen molar-refractivity contribution in [3.63, 3.8) is 0 Å². The summed E-state index contributed by atoms with van der Waals surface area (Å²) >= 11 is 0. The Morgan fingerprint density at radius 2 is 1.39 bits per heavy atom. The summed E-state index contributed by atoms with van der Waals surface area (Å²) in [4.78, 5) is 33.0. The van der Waals surface area contributed by atoms with E-state index in [-0.39, 0.29) is 19.8 Å². The molecule has 18 heavy (non-hydrogen) atoms. The Morgan fingerprint density at radius 3 is 1.72 bits per heavy atom. The first-order chi connectivity index (χ1) is 8.47. The Hall–Kier alpha value is -1.85. The maximum atomic E-state index is 11.6. The van der Waals surface area contributed by atoms with Gasteiger partial charge in [0.05, 0.1) is 6.61 Å². The smallest absolute Gasteiger partial charge is 0.317 e. The van der Waals surface area contributed by atoms with E-state index in [4.69, 9.17) is 14.2 Å². The van der Waals surface area contributed by atoms with Crippen LogP contribution in [-0.2, 0) is 28.6 Å². The molecule has 0 heterocycles. The summed E-state index contributed by atoms with van der Waals surface area (Å²) in [6, 6.07) is 0. The molecular formula is C12H16O6. The summed E-state index contributed by atoms with van der Waals surface area (Å²) in [6.07, 6.45) is 0. The van der Waals surface area contributed by atoms with Crippen LogP contribution in [0.5, 0.6) is 0 Å². The van der Waals surface area contributed by atoms with Crippen molar-refractivity contribution in [3.05, 3.63) is 11.1 Å². The molecule has 0 aromatic carbocycles. The monoisotopic (exact) mass is 256 g/mol. The van der Waals surface area contributed by atoms with Crippen molar-refractivity contribution in [1.29, 1.82) is 0 Å². The van der Waals surface area contributed by atoms with Gasteiger partial charge in [-0.3, -0.25) is 14.4 Å². The Bertz CT molecular complexity index is 367. The average Bonchev–Trinajstić information content (AvgIpc) is 2.97. The molecule has 0 saturated carbocycles. The van der Waals surface area contributed by atoms with Gasteiger partial charge >= 0.3 is 17.9 Å². The van der Waals surface area contributed by atoms with Crippen molar-refractivity contribution in [2.45, 2.75) is 20.8 Å². The van der Waals surface area contributed by atoms with E-state index in [9.17, 15) is 14.4 Å². The summed E-state index contributed by atoms with van der Waals surface area (Å²) in [7, 11) is 0. The predicted molar refractivity (Wildman–Crippen MR) is 60.4 cm³/mol. The van der Waals surface area contributed by atoms with Crippen LogP contribution in [0.1, 0.15) is 20.8 Å². The zero-order valence-electron chi connectivity index (χ0n) is 10.6. The van der Waals surface area contributed by atoms with Crippen LogP contribution in [0, 0.1) is 5.92 Å². The molecule has 1 aliphatic carbocycles. The third kappa shape index (κ3) is 3.87. The van der Waals surface area contributed by atoms with Gasteiger partial charge in [0.25, 0.3) is 0 Å². The molecule has 6 nitrogen and oxygen atoms in total. The van der Waals surface area contributed by atoms with Crippen molar-refractivity contribution in [1.82, 2.24) is 0 Å². The lowest BCUT2D eigenvalue weighted by atomic mass is 10.2.